The highest BCUT2D eigenvalue weighted by Crippen LogP contribution is 2.35. The summed E-state index contributed by atoms with van der Waals surface area (Å²) in [6.07, 6.45) is -4.92. The van der Waals surface area contributed by atoms with E-state index in [1.54, 1.807) is 36.4 Å². The van der Waals surface area contributed by atoms with Crippen LogP contribution in [0.1, 0.15) is 6.92 Å². The highest BCUT2D eigenvalue weighted by molar-refractivity contribution is 6.30. The van der Waals surface area contributed by atoms with Gasteiger partial charge in [-0.1, -0.05) is 35.9 Å². The second-order valence-corrected chi connectivity index (χ2v) is 5.47. The summed E-state index contributed by atoms with van der Waals surface area (Å²) in [5.41, 5.74) is 3.36. The lowest BCUT2D eigenvalue weighted by Gasteiger charge is -2.29. The number of carbonyl (C=O) groups is 1. The fourth-order valence-electron chi connectivity index (χ4n) is 1.84. The van der Waals surface area contributed by atoms with Crippen molar-refractivity contribution < 1.29 is 22.7 Å². The molecule has 0 saturated carbocycles. The first-order valence-electron chi connectivity index (χ1n) is 6.55. The van der Waals surface area contributed by atoms with E-state index >= 15 is 0 Å². The number of hydrogen-bond acceptors (Lipinski definition) is 2. The summed E-state index contributed by atoms with van der Waals surface area (Å²) in [5.74, 6) is -1.71. The number of carbonyl (C=O) groups excluding carboxylic acids is 1. The number of hydrogen-bond donors (Lipinski definition) is 1. The fourth-order valence-corrected chi connectivity index (χ4v) is 1.97. The van der Waals surface area contributed by atoms with E-state index < -0.39 is 17.7 Å². The van der Waals surface area contributed by atoms with Crippen molar-refractivity contribution in [1.82, 2.24) is 0 Å². The van der Waals surface area contributed by atoms with Crippen molar-refractivity contribution in [2.45, 2.75) is 18.7 Å². The summed E-state index contributed by atoms with van der Waals surface area (Å²) < 4.78 is 43.8. The normalized spacial score (nSPS) is 14.1. The van der Waals surface area contributed by atoms with Crippen LogP contribution in [0.4, 0.5) is 13.2 Å². The number of halogens is 4. The Labute approximate surface area is 135 Å². The molecule has 1 atom stereocenters. The molecule has 2 N–H and O–H groups in total. The van der Waals surface area contributed by atoms with E-state index in [0.717, 1.165) is 11.1 Å². The molecule has 0 heterocycles. The van der Waals surface area contributed by atoms with Gasteiger partial charge in [-0.25, -0.2) is 0 Å². The molecule has 0 spiro atoms. The van der Waals surface area contributed by atoms with Crippen LogP contribution in [0, 0.1) is 0 Å². The Balaban J connectivity index is 2.26. The molecule has 0 aliphatic heterocycles. The van der Waals surface area contributed by atoms with Gasteiger partial charge in [0.05, 0.1) is 0 Å². The van der Waals surface area contributed by atoms with Crippen LogP contribution in [0.15, 0.2) is 48.5 Å². The van der Waals surface area contributed by atoms with E-state index in [1.807, 2.05) is 0 Å². The number of amides is 1. The lowest BCUT2D eigenvalue weighted by molar-refractivity contribution is -0.234. The van der Waals surface area contributed by atoms with Gasteiger partial charge in [0, 0.05) is 5.02 Å². The molecule has 3 nitrogen and oxygen atoms in total. The van der Waals surface area contributed by atoms with E-state index in [1.165, 1.54) is 12.1 Å². The Kier molecular flexibility index (Phi) is 4.56. The van der Waals surface area contributed by atoms with Gasteiger partial charge in [0.1, 0.15) is 5.75 Å². The Hall–Kier alpha value is -2.21. The van der Waals surface area contributed by atoms with Crippen LogP contribution in [-0.2, 0) is 4.79 Å². The summed E-state index contributed by atoms with van der Waals surface area (Å²) in [7, 11) is 0. The van der Waals surface area contributed by atoms with Crippen molar-refractivity contribution in [2.75, 3.05) is 0 Å². The number of rotatable bonds is 4. The van der Waals surface area contributed by atoms with E-state index in [0.29, 0.717) is 11.9 Å². The Morgan fingerprint density at radius 3 is 1.83 bits per heavy atom. The van der Waals surface area contributed by atoms with Crippen molar-refractivity contribution in [3.63, 3.8) is 0 Å². The van der Waals surface area contributed by atoms with Crippen molar-refractivity contribution >= 4 is 17.5 Å². The summed E-state index contributed by atoms with van der Waals surface area (Å²) in [4.78, 5) is 11.2. The maximum absolute atomic E-state index is 13.0. The number of alkyl halides is 3. The van der Waals surface area contributed by atoms with Gasteiger partial charge in [-0.3, -0.25) is 4.79 Å². The second-order valence-electron chi connectivity index (χ2n) is 5.03. The molecule has 0 radical (unpaired) electrons. The number of benzene rings is 2. The zero-order valence-electron chi connectivity index (χ0n) is 12.0. The van der Waals surface area contributed by atoms with Gasteiger partial charge >= 0.3 is 6.18 Å². The highest BCUT2D eigenvalue weighted by atomic mass is 35.5. The quantitative estimate of drug-likeness (QED) is 0.904. The van der Waals surface area contributed by atoms with Gasteiger partial charge in [-0.2, -0.15) is 13.2 Å². The SMILES string of the molecule is CC(Oc1ccc(-c2ccc(Cl)cc2)cc1)(C(N)=O)C(F)(F)F. The fraction of sp³-hybridized carbons (Fsp3) is 0.188. The average Bonchev–Trinajstić information content (AvgIpc) is 2.47. The second kappa shape index (κ2) is 6.12. The number of primary amides is 1. The molecular weight excluding hydrogens is 331 g/mol. The maximum Gasteiger partial charge on any atom is 0.437 e. The van der Waals surface area contributed by atoms with E-state index in [9.17, 15) is 18.0 Å². The molecule has 7 heteroatoms. The predicted molar refractivity (Wildman–Crippen MR) is 81.2 cm³/mol. The predicted octanol–water partition coefficient (Wildman–Crippen LogP) is 4.19. The number of nitrogens with two attached hydrogens (primary N) is 1. The topological polar surface area (TPSA) is 52.3 Å². The first-order valence-corrected chi connectivity index (χ1v) is 6.93. The first-order chi connectivity index (χ1) is 10.6. The van der Waals surface area contributed by atoms with Gasteiger partial charge < -0.3 is 10.5 Å². The molecule has 2 aromatic carbocycles. The van der Waals surface area contributed by atoms with E-state index in [4.69, 9.17) is 22.1 Å². The minimum Gasteiger partial charge on any atom is -0.468 e. The zero-order chi connectivity index (χ0) is 17.3. The molecule has 0 aromatic heterocycles. The third-order valence-electron chi connectivity index (χ3n) is 3.36. The minimum absolute atomic E-state index is 0.110. The summed E-state index contributed by atoms with van der Waals surface area (Å²) in [6, 6.07) is 12.8. The monoisotopic (exact) mass is 343 g/mol. The van der Waals surface area contributed by atoms with Crippen molar-refractivity contribution in [2.24, 2.45) is 5.73 Å². The molecule has 0 aliphatic rings. The van der Waals surface area contributed by atoms with Crippen molar-refractivity contribution in [3.05, 3.63) is 53.6 Å². The summed E-state index contributed by atoms with van der Waals surface area (Å²) in [5, 5.41) is 0.580. The third kappa shape index (κ3) is 3.59. The molecule has 0 saturated heterocycles. The molecule has 2 aromatic rings. The molecule has 2 rings (SSSR count). The summed E-state index contributed by atoms with van der Waals surface area (Å²) in [6.45, 7) is 0.600. The van der Waals surface area contributed by atoms with Gasteiger partial charge in [0.25, 0.3) is 11.5 Å². The van der Waals surface area contributed by atoms with E-state index in [2.05, 4.69) is 0 Å². The molecule has 0 fully saturated rings. The van der Waals surface area contributed by atoms with Crippen molar-refractivity contribution in [3.8, 4) is 16.9 Å². The minimum atomic E-state index is -4.92. The third-order valence-corrected chi connectivity index (χ3v) is 3.62. The molecule has 1 unspecified atom stereocenters. The Morgan fingerprint density at radius 1 is 1.00 bits per heavy atom. The molecule has 0 bridgehead atoms. The van der Waals surface area contributed by atoms with Gasteiger partial charge in [0.2, 0.25) is 0 Å². The zero-order valence-corrected chi connectivity index (χ0v) is 12.8. The lowest BCUT2D eigenvalue weighted by Crippen LogP contribution is -2.57. The Bertz CT molecular complexity index is 699. The smallest absolute Gasteiger partial charge is 0.437 e. The van der Waals surface area contributed by atoms with Crippen LogP contribution in [0.2, 0.25) is 5.02 Å². The van der Waals surface area contributed by atoms with Crippen LogP contribution >= 0.6 is 11.6 Å². The van der Waals surface area contributed by atoms with Crippen LogP contribution in [-0.4, -0.2) is 17.7 Å². The van der Waals surface area contributed by atoms with Gasteiger partial charge in [-0.15, -0.1) is 0 Å². The number of ether oxygens (including phenoxy) is 1. The Morgan fingerprint density at radius 2 is 1.43 bits per heavy atom. The molecule has 1 amide bonds. The summed E-state index contributed by atoms with van der Waals surface area (Å²) >= 11 is 5.80. The van der Waals surface area contributed by atoms with Crippen LogP contribution in [0.5, 0.6) is 5.75 Å². The van der Waals surface area contributed by atoms with Gasteiger partial charge in [-0.05, 0) is 42.3 Å². The molecule has 0 aliphatic carbocycles. The first kappa shape index (κ1) is 17.1. The van der Waals surface area contributed by atoms with Gasteiger partial charge in [0.15, 0.2) is 0 Å². The molecular formula is C16H13ClF3NO2. The lowest BCUT2D eigenvalue weighted by atomic mass is 10.0. The van der Waals surface area contributed by atoms with Crippen LogP contribution in [0.3, 0.4) is 0 Å². The standard InChI is InChI=1S/C16H13ClF3NO2/c1-15(14(21)22,16(18,19)20)23-13-8-4-11(5-9-13)10-2-6-12(17)7-3-10/h2-9H,1H3,(H2,21,22). The van der Waals surface area contributed by atoms with Crippen molar-refractivity contribution in [1.29, 1.82) is 0 Å². The van der Waals surface area contributed by atoms with Crippen LogP contribution in [0.25, 0.3) is 11.1 Å². The van der Waals surface area contributed by atoms with E-state index in [-0.39, 0.29) is 5.75 Å². The average molecular weight is 344 g/mol. The molecule has 23 heavy (non-hydrogen) atoms. The van der Waals surface area contributed by atoms with Crippen LogP contribution < -0.4 is 10.5 Å². The largest absolute Gasteiger partial charge is 0.468 e. The maximum atomic E-state index is 13.0. The highest BCUT2D eigenvalue weighted by Gasteiger charge is 2.58. The molecule has 122 valence electrons.